The van der Waals surface area contributed by atoms with Crippen LogP contribution in [0.25, 0.3) is 0 Å². The summed E-state index contributed by atoms with van der Waals surface area (Å²) in [5, 5.41) is 0. The Hall–Kier alpha value is -1.87. The van der Waals surface area contributed by atoms with E-state index in [4.69, 9.17) is 9.47 Å². The van der Waals surface area contributed by atoms with Crippen molar-refractivity contribution in [2.24, 2.45) is 0 Å². The van der Waals surface area contributed by atoms with Crippen molar-refractivity contribution in [3.63, 3.8) is 0 Å². The van der Waals surface area contributed by atoms with Gasteiger partial charge in [-0.15, -0.1) is 0 Å². The summed E-state index contributed by atoms with van der Waals surface area (Å²) < 4.78 is 11.0. The van der Waals surface area contributed by atoms with Gasteiger partial charge in [0, 0.05) is 6.08 Å². The highest BCUT2D eigenvalue weighted by Crippen LogP contribution is 2.19. The SMILES string of the molecule is C=C(C)[C@@H]1OC(=O)C=CC1OCc1ccccc1. The summed E-state index contributed by atoms with van der Waals surface area (Å²) in [7, 11) is 0. The third kappa shape index (κ3) is 3.08. The van der Waals surface area contributed by atoms with Gasteiger partial charge in [0.2, 0.25) is 0 Å². The maximum atomic E-state index is 11.2. The van der Waals surface area contributed by atoms with Crippen LogP contribution >= 0.6 is 0 Å². The van der Waals surface area contributed by atoms with Crippen LogP contribution in [0, 0.1) is 0 Å². The Morgan fingerprint density at radius 3 is 2.78 bits per heavy atom. The van der Waals surface area contributed by atoms with Crippen molar-refractivity contribution in [1.82, 2.24) is 0 Å². The van der Waals surface area contributed by atoms with Crippen LogP contribution in [-0.2, 0) is 20.9 Å². The summed E-state index contributed by atoms with van der Waals surface area (Å²) in [6, 6.07) is 9.88. The summed E-state index contributed by atoms with van der Waals surface area (Å²) in [5.74, 6) is -0.345. The van der Waals surface area contributed by atoms with E-state index in [-0.39, 0.29) is 12.1 Å². The highest BCUT2D eigenvalue weighted by atomic mass is 16.6. The number of carbonyl (C=O) groups excluding carboxylic acids is 1. The number of hydrogen-bond acceptors (Lipinski definition) is 3. The van der Waals surface area contributed by atoms with Crippen molar-refractivity contribution in [3.8, 4) is 0 Å². The molecular weight excluding hydrogens is 228 g/mol. The lowest BCUT2D eigenvalue weighted by molar-refractivity contribution is -0.149. The number of esters is 1. The maximum absolute atomic E-state index is 11.2. The van der Waals surface area contributed by atoms with Gasteiger partial charge in [0.05, 0.1) is 6.61 Å². The number of hydrogen-bond donors (Lipinski definition) is 0. The Morgan fingerprint density at radius 1 is 1.39 bits per heavy atom. The molecule has 0 aromatic heterocycles. The third-order valence-corrected chi connectivity index (χ3v) is 2.73. The fourth-order valence-electron chi connectivity index (χ4n) is 1.80. The first kappa shape index (κ1) is 12.6. The molecule has 0 spiro atoms. The molecule has 1 unspecified atom stereocenters. The van der Waals surface area contributed by atoms with Gasteiger partial charge in [0.15, 0.2) is 6.10 Å². The van der Waals surface area contributed by atoms with Crippen LogP contribution in [0.5, 0.6) is 0 Å². The van der Waals surface area contributed by atoms with Crippen molar-refractivity contribution in [1.29, 1.82) is 0 Å². The molecule has 1 aliphatic rings. The number of cyclic esters (lactones) is 1. The first-order chi connectivity index (χ1) is 8.66. The summed E-state index contributed by atoms with van der Waals surface area (Å²) in [4.78, 5) is 11.2. The second-order valence-corrected chi connectivity index (χ2v) is 4.32. The van der Waals surface area contributed by atoms with E-state index in [9.17, 15) is 4.79 Å². The minimum Gasteiger partial charge on any atom is -0.452 e. The van der Waals surface area contributed by atoms with E-state index in [1.54, 1.807) is 6.08 Å². The molecule has 0 N–H and O–H groups in total. The molecule has 0 aliphatic carbocycles. The molecule has 2 rings (SSSR count). The lowest BCUT2D eigenvalue weighted by Gasteiger charge is -2.27. The van der Waals surface area contributed by atoms with Crippen molar-refractivity contribution in [3.05, 3.63) is 60.2 Å². The smallest absolute Gasteiger partial charge is 0.331 e. The lowest BCUT2D eigenvalue weighted by atomic mass is 10.0. The first-order valence-electron chi connectivity index (χ1n) is 5.86. The van der Waals surface area contributed by atoms with Crippen LogP contribution in [0.3, 0.4) is 0 Å². The van der Waals surface area contributed by atoms with E-state index in [1.807, 2.05) is 37.3 Å². The molecule has 0 fully saturated rings. The normalized spacial score (nSPS) is 22.6. The quantitative estimate of drug-likeness (QED) is 0.603. The minimum absolute atomic E-state index is 0.264. The van der Waals surface area contributed by atoms with Crippen molar-refractivity contribution < 1.29 is 14.3 Å². The van der Waals surface area contributed by atoms with Gasteiger partial charge in [-0.25, -0.2) is 4.79 Å². The van der Waals surface area contributed by atoms with E-state index in [0.717, 1.165) is 11.1 Å². The molecule has 3 nitrogen and oxygen atoms in total. The van der Waals surface area contributed by atoms with Crippen LogP contribution in [0.1, 0.15) is 12.5 Å². The minimum atomic E-state index is -0.397. The highest BCUT2D eigenvalue weighted by Gasteiger charge is 2.27. The standard InChI is InChI=1S/C15H16O3/c1-11(2)15-13(8-9-14(16)18-15)17-10-12-6-4-3-5-7-12/h3-9,13,15H,1,10H2,2H3/t13?,15-/m0/s1. The van der Waals surface area contributed by atoms with Crippen LogP contribution in [0.4, 0.5) is 0 Å². The molecule has 1 aliphatic heterocycles. The summed E-state index contributed by atoms with van der Waals surface area (Å²) in [6.07, 6.45) is 2.47. The second kappa shape index (κ2) is 5.65. The Bertz CT molecular complexity index is 462. The zero-order valence-electron chi connectivity index (χ0n) is 10.3. The molecule has 1 heterocycles. The molecule has 0 radical (unpaired) electrons. The molecule has 0 bridgehead atoms. The van der Waals surface area contributed by atoms with E-state index >= 15 is 0 Å². The second-order valence-electron chi connectivity index (χ2n) is 4.32. The Kier molecular flexibility index (Phi) is 3.95. The molecule has 18 heavy (non-hydrogen) atoms. The van der Waals surface area contributed by atoms with Gasteiger partial charge in [0.25, 0.3) is 0 Å². The van der Waals surface area contributed by atoms with Gasteiger partial charge in [-0.1, -0.05) is 36.9 Å². The number of benzene rings is 1. The molecular formula is C15H16O3. The molecule has 1 aromatic rings. The van der Waals surface area contributed by atoms with Crippen molar-refractivity contribution >= 4 is 5.97 Å². The molecule has 3 heteroatoms. The zero-order chi connectivity index (χ0) is 13.0. The Balaban J connectivity index is 2.01. The van der Waals surface area contributed by atoms with Crippen LogP contribution < -0.4 is 0 Å². The highest BCUT2D eigenvalue weighted by molar-refractivity contribution is 5.83. The Labute approximate surface area is 107 Å². The fourth-order valence-corrected chi connectivity index (χ4v) is 1.80. The van der Waals surface area contributed by atoms with Crippen LogP contribution in [-0.4, -0.2) is 18.2 Å². The van der Waals surface area contributed by atoms with E-state index < -0.39 is 6.10 Å². The van der Waals surface area contributed by atoms with Gasteiger partial charge in [-0.2, -0.15) is 0 Å². The van der Waals surface area contributed by atoms with Gasteiger partial charge >= 0.3 is 5.97 Å². The molecule has 0 saturated heterocycles. The average Bonchev–Trinajstić information content (AvgIpc) is 2.38. The van der Waals surface area contributed by atoms with Crippen LogP contribution in [0.15, 0.2) is 54.6 Å². The molecule has 2 atom stereocenters. The fraction of sp³-hybridized carbons (Fsp3) is 0.267. The summed E-state index contributed by atoms with van der Waals surface area (Å²) >= 11 is 0. The number of rotatable bonds is 4. The van der Waals surface area contributed by atoms with Crippen LogP contribution in [0.2, 0.25) is 0 Å². The Morgan fingerprint density at radius 2 is 2.11 bits per heavy atom. The largest absolute Gasteiger partial charge is 0.452 e. The molecule has 0 saturated carbocycles. The van der Waals surface area contributed by atoms with Crippen molar-refractivity contribution in [2.75, 3.05) is 0 Å². The van der Waals surface area contributed by atoms with E-state index in [1.165, 1.54) is 6.08 Å². The van der Waals surface area contributed by atoms with Crippen molar-refractivity contribution in [2.45, 2.75) is 25.7 Å². The topological polar surface area (TPSA) is 35.5 Å². The van der Waals surface area contributed by atoms with Gasteiger partial charge in [-0.05, 0) is 24.1 Å². The third-order valence-electron chi connectivity index (χ3n) is 2.73. The zero-order valence-corrected chi connectivity index (χ0v) is 10.3. The molecule has 0 amide bonds. The monoisotopic (exact) mass is 244 g/mol. The average molecular weight is 244 g/mol. The molecule has 94 valence electrons. The summed E-state index contributed by atoms with van der Waals surface area (Å²) in [5.41, 5.74) is 1.87. The maximum Gasteiger partial charge on any atom is 0.331 e. The van der Waals surface area contributed by atoms with Gasteiger partial charge < -0.3 is 9.47 Å². The van der Waals surface area contributed by atoms with E-state index in [2.05, 4.69) is 6.58 Å². The van der Waals surface area contributed by atoms with E-state index in [0.29, 0.717) is 6.61 Å². The summed E-state index contributed by atoms with van der Waals surface area (Å²) in [6.45, 7) is 6.14. The first-order valence-corrected chi connectivity index (χ1v) is 5.86. The predicted octanol–water partition coefficient (Wildman–Crippen LogP) is 2.63. The predicted molar refractivity (Wildman–Crippen MR) is 68.9 cm³/mol. The number of carbonyl (C=O) groups is 1. The lowest BCUT2D eigenvalue weighted by Crippen LogP contribution is -2.35. The number of ether oxygens (including phenoxy) is 2. The van der Waals surface area contributed by atoms with Gasteiger partial charge in [-0.3, -0.25) is 0 Å². The van der Waals surface area contributed by atoms with Gasteiger partial charge in [0.1, 0.15) is 6.10 Å². The molecule has 1 aromatic carbocycles.